The number of carbonyl (C=O) groups excluding carboxylic acids is 2. The standard InChI is InChI=1S/C26H30N4O4/c1-2-29-13-15-30(16-14-29)21-11-9-20(10-12-21)28-25(31)19-34-26(32)23-7-3-4-8-24(23)27-18-22-6-5-17-33-22/h3-12,17,27H,2,13-16,18-19H2,1H3,(H,28,31). The molecule has 0 unspecified atom stereocenters. The van der Waals surface area contributed by atoms with Crippen LogP contribution in [0, 0.1) is 0 Å². The fourth-order valence-electron chi connectivity index (χ4n) is 3.89. The molecule has 4 rings (SSSR count). The number of anilines is 3. The summed E-state index contributed by atoms with van der Waals surface area (Å²) in [5, 5.41) is 5.94. The molecule has 2 aromatic carbocycles. The fourth-order valence-corrected chi connectivity index (χ4v) is 3.89. The molecule has 0 aliphatic carbocycles. The summed E-state index contributed by atoms with van der Waals surface area (Å²) in [5.41, 5.74) is 2.77. The molecule has 1 saturated heterocycles. The molecule has 8 heteroatoms. The van der Waals surface area contributed by atoms with Gasteiger partial charge in [0.15, 0.2) is 6.61 Å². The Balaban J connectivity index is 1.26. The van der Waals surface area contributed by atoms with Crippen LogP contribution in [0.1, 0.15) is 23.0 Å². The summed E-state index contributed by atoms with van der Waals surface area (Å²) < 4.78 is 10.6. The lowest BCUT2D eigenvalue weighted by Gasteiger charge is -2.35. The maximum Gasteiger partial charge on any atom is 0.340 e. The van der Waals surface area contributed by atoms with E-state index in [0.29, 0.717) is 23.5 Å². The first kappa shape index (κ1) is 23.4. The zero-order chi connectivity index (χ0) is 23.8. The lowest BCUT2D eigenvalue weighted by atomic mass is 10.2. The van der Waals surface area contributed by atoms with Gasteiger partial charge in [-0.15, -0.1) is 0 Å². The van der Waals surface area contributed by atoms with Crippen molar-refractivity contribution >= 4 is 28.9 Å². The largest absolute Gasteiger partial charge is 0.467 e. The number of nitrogens with zero attached hydrogens (tertiary/aromatic N) is 2. The van der Waals surface area contributed by atoms with E-state index in [1.165, 1.54) is 0 Å². The van der Waals surface area contributed by atoms with Crippen molar-refractivity contribution in [3.05, 3.63) is 78.3 Å². The minimum atomic E-state index is -0.570. The van der Waals surface area contributed by atoms with Crippen LogP contribution in [-0.4, -0.2) is 56.1 Å². The maximum absolute atomic E-state index is 12.6. The first-order chi connectivity index (χ1) is 16.6. The Labute approximate surface area is 199 Å². The highest BCUT2D eigenvalue weighted by molar-refractivity contribution is 5.98. The van der Waals surface area contributed by atoms with Gasteiger partial charge in [0.05, 0.1) is 18.4 Å². The summed E-state index contributed by atoms with van der Waals surface area (Å²) >= 11 is 0. The van der Waals surface area contributed by atoms with Crippen molar-refractivity contribution < 1.29 is 18.7 Å². The van der Waals surface area contributed by atoms with E-state index in [4.69, 9.17) is 9.15 Å². The number of likely N-dealkylation sites (N-methyl/N-ethyl adjacent to an activating group) is 1. The van der Waals surface area contributed by atoms with E-state index in [1.54, 1.807) is 30.5 Å². The van der Waals surface area contributed by atoms with E-state index in [1.807, 2.05) is 36.4 Å². The summed E-state index contributed by atoms with van der Waals surface area (Å²) in [4.78, 5) is 29.7. The normalized spacial score (nSPS) is 14.0. The molecule has 178 valence electrons. The van der Waals surface area contributed by atoms with Crippen LogP contribution in [0.2, 0.25) is 0 Å². The Morgan fingerprint density at radius 2 is 1.74 bits per heavy atom. The number of hydrogen-bond donors (Lipinski definition) is 2. The van der Waals surface area contributed by atoms with Crippen LogP contribution in [0.25, 0.3) is 0 Å². The van der Waals surface area contributed by atoms with Crippen LogP contribution < -0.4 is 15.5 Å². The van der Waals surface area contributed by atoms with Crippen molar-refractivity contribution in [3.8, 4) is 0 Å². The lowest BCUT2D eigenvalue weighted by Crippen LogP contribution is -2.46. The number of para-hydroxylation sites is 1. The molecule has 1 fully saturated rings. The highest BCUT2D eigenvalue weighted by atomic mass is 16.5. The highest BCUT2D eigenvalue weighted by Gasteiger charge is 2.17. The van der Waals surface area contributed by atoms with Gasteiger partial charge in [0.2, 0.25) is 0 Å². The predicted octanol–water partition coefficient (Wildman–Crippen LogP) is 3.83. The van der Waals surface area contributed by atoms with Gasteiger partial charge in [0.25, 0.3) is 5.91 Å². The lowest BCUT2D eigenvalue weighted by molar-refractivity contribution is -0.119. The Kier molecular flexibility index (Phi) is 7.83. The molecule has 0 bridgehead atoms. The Morgan fingerprint density at radius 3 is 2.44 bits per heavy atom. The molecule has 1 aliphatic heterocycles. The van der Waals surface area contributed by atoms with E-state index < -0.39 is 11.9 Å². The van der Waals surface area contributed by atoms with Crippen LogP contribution in [0.5, 0.6) is 0 Å². The molecule has 0 spiro atoms. The Bertz CT molecular complexity index is 1070. The average molecular weight is 463 g/mol. The molecule has 0 radical (unpaired) electrons. The Hall–Kier alpha value is -3.78. The number of carbonyl (C=O) groups is 2. The molecular weight excluding hydrogens is 432 g/mol. The van der Waals surface area contributed by atoms with E-state index in [0.717, 1.165) is 44.2 Å². The van der Waals surface area contributed by atoms with E-state index in [9.17, 15) is 9.59 Å². The summed E-state index contributed by atoms with van der Waals surface area (Å²) in [6.07, 6.45) is 1.59. The van der Waals surface area contributed by atoms with Crippen molar-refractivity contribution in [2.75, 3.05) is 54.9 Å². The number of piperazine rings is 1. The second-order valence-corrected chi connectivity index (χ2v) is 8.07. The third-order valence-corrected chi connectivity index (χ3v) is 5.85. The summed E-state index contributed by atoms with van der Waals surface area (Å²) in [5.74, 6) is -0.213. The zero-order valence-electron chi connectivity index (χ0n) is 19.3. The number of amides is 1. The number of rotatable bonds is 9. The monoisotopic (exact) mass is 462 g/mol. The van der Waals surface area contributed by atoms with Crippen LogP contribution in [0.4, 0.5) is 17.1 Å². The second kappa shape index (κ2) is 11.4. The summed E-state index contributed by atoms with van der Waals surface area (Å²) in [7, 11) is 0. The van der Waals surface area contributed by atoms with Crippen molar-refractivity contribution in [1.29, 1.82) is 0 Å². The number of benzene rings is 2. The molecule has 2 N–H and O–H groups in total. The third-order valence-electron chi connectivity index (χ3n) is 5.85. The van der Waals surface area contributed by atoms with Crippen LogP contribution >= 0.6 is 0 Å². The molecule has 1 aromatic heterocycles. The number of hydrogen-bond acceptors (Lipinski definition) is 7. The van der Waals surface area contributed by atoms with E-state index >= 15 is 0 Å². The molecular formula is C26H30N4O4. The number of nitrogens with one attached hydrogen (secondary N) is 2. The van der Waals surface area contributed by atoms with Crippen molar-refractivity contribution in [1.82, 2.24) is 4.90 Å². The number of furan rings is 1. The zero-order valence-corrected chi connectivity index (χ0v) is 19.3. The fraction of sp³-hybridized carbons (Fsp3) is 0.308. The summed E-state index contributed by atoms with van der Waals surface area (Å²) in [6.45, 7) is 7.43. The van der Waals surface area contributed by atoms with Gasteiger partial charge in [-0.2, -0.15) is 0 Å². The van der Waals surface area contributed by atoms with Gasteiger partial charge in [-0.1, -0.05) is 19.1 Å². The second-order valence-electron chi connectivity index (χ2n) is 8.07. The minimum absolute atomic E-state index is 0.356. The van der Waals surface area contributed by atoms with Gasteiger partial charge in [0, 0.05) is 43.2 Å². The molecule has 1 aliphatic rings. The Morgan fingerprint density at radius 1 is 0.971 bits per heavy atom. The average Bonchev–Trinajstić information content (AvgIpc) is 3.40. The van der Waals surface area contributed by atoms with E-state index in [2.05, 4.69) is 27.4 Å². The molecule has 1 amide bonds. The van der Waals surface area contributed by atoms with Crippen molar-refractivity contribution in [3.63, 3.8) is 0 Å². The first-order valence-electron chi connectivity index (χ1n) is 11.5. The number of esters is 1. The van der Waals surface area contributed by atoms with Crippen molar-refractivity contribution in [2.24, 2.45) is 0 Å². The van der Waals surface area contributed by atoms with Gasteiger partial charge < -0.3 is 29.6 Å². The molecule has 8 nitrogen and oxygen atoms in total. The van der Waals surface area contributed by atoms with Crippen LogP contribution in [0.15, 0.2) is 71.3 Å². The van der Waals surface area contributed by atoms with Crippen molar-refractivity contribution in [2.45, 2.75) is 13.5 Å². The third kappa shape index (κ3) is 6.17. The SMILES string of the molecule is CCN1CCN(c2ccc(NC(=O)COC(=O)c3ccccc3NCc3ccco3)cc2)CC1. The number of ether oxygens (including phenoxy) is 1. The molecule has 0 saturated carbocycles. The maximum atomic E-state index is 12.6. The molecule has 2 heterocycles. The van der Waals surface area contributed by atoms with E-state index in [-0.39, 0.29) is 6.61 Å². The minimum Gasteiger partial charge on any atom is -0.467 e. The highest BCUT2D eigenvalue weighted by Crippen LogP contribution is 2.20. The topological polar surface area (TPSA) is 87.0 Å². The summed E-state index contributed by atoms with van der Waals surface area (Å²) in [6, 6.07) is 18.4. The predicted molar refractivity (Wildman–Crippen MR) is 132 cm³/mol. The van der Waals surface area contributed by atoms with Crippen LogP contribution in [-0.2, 0) is 16.1 Å². The van der Waals surface area contributed by atoms with Gasteiger partial charge >= 0.3 is 5.97 Å². The van der Waals surface area contributed by atoms with Crippen LogP contribution in [0.3, 0.4) is 0 Å². The quantitative estimate of drug-likeness (QED) is 0.468. The smallest absolute Gasteiger partial charge is 0.340 e. The first-order valence-corrected chi connectivity index (χ1v) is 11.5. The molecule has 0 atom stereocenters. The van der Waals surface area contributed by atoms with Gasteiger partial charge in [-0.05, 0) is 55.1 Å². The van der Waals surface area contributed by atoms with Gasteiger partial charge in [-0.3, -0.25) is 4.79 Å². The van der Waals surface area contributed by atoms with Gasteiger partial charge in [0.1, 0.15) is 5.76 Å². The molecule has 34 heavy (non-hydrogen) atoms. The van der Waals surface area contributed by atoms with Gasteiger partial charge in [-0.25, -0.2) is 4.79 Å². The molecule has 3 aromatic rings.